The molecule has 2 heterocycles. The van der Waals surface area contributed by atoms with Crippen molar-refractivity contribution in [1.29, 1.82) is 0 Å². The molecule has 0 bridgehead atoms. The summed E-state index contributed by atoms with van der Waals surface area (Å²) in [6.45, 7) is 4.47. The number of H-pyrrole nitrogens is 1. The molecule has 1 unspecified atom stereocenters. The highest BCUT2D eigenvalue weighted by atomic mass is 19.1. The lowest BCUT2D eigenvalue weighted by atomic mass is 10.1. The molecule has 2 N–H and O–H groups in total. The van der Waals surface area contributed by atoms with Crippen LogP contribution in [0.2, 0.25) is 0 Å². The zero-order valence-electron chi connectivity index (χ0n) is 15.6. The first-order chi connectivity index (χ1) is 13.0. The van der Waals surface area contributed by atoms with E-state index in [-0.39, 0.29) is 17.9 Å². The minimum atomic E-state index is -0.297. The second kappa shape index (κ2) is 8.03. The van der Waals surface area contributed by atoms with Gasteiger partial charge in [-0.1, -0.05) is 6.92 Å². The second-order valence-electron chi connectivity index (χ2n) is 6.48. The number of urea groups is 1. The van der Waals surface area contributed by atoms with E-state index in [4.69, 9.17) is 0 Å². The number of amides is 2. The van der Waals surface area contributed by atoms with Gasteiger partial charge in [-0.05, 0) is 37.6 Å². The average molecular weight is 370 g/mol. The molecule has 8 heteroatoms. The fourth-order valence-corrected chi connectivity index (χ4v) is 2.77. The highest BCUT2D eigenvalue weighted by Gasteiger charge is 2.17. The summed E-state index contributed by atoms with van der Waals surface area (Å²) < 4.78 is 14.9. The number of halogens is 1. The van der Waals surface area contributed by atoms with Gasteiger partial charge in [0, 0.05) is 24.2 Å². The van der Waals surface area contributed by atoms with Crippen LogP contribution in [0.25, 0.3) is 11.3 Å². The van der Waals surface area contributed by atoms with Crippen LogP contribution >= 0.6 is 0 Å². The van der Waals surface area contributed by atoms with Crippen molar-refractivity contribution in [3.05, 3.63) is 54.1 Å². The fraction of sp³-hybridized carbons (Fsp3) is 0.316. The number of carbonyl (C=O) groups is 1. The highest BCUT2D eigenvalue weighted by molar-refractivity contribution is 5.88. The maximum Gasteiger partial charge on any atom is 0.323 e. The predicted octanol–water partition coefficient (Wildman–Crippen LogP) is 4.05. The van der Waals surface area contributed by atoms with Gasteiger partial charge in [0.2, 0.25) is 0 Å². The zero-order valence-corrected chi connectivity index (χ0v) is 15.6. The van der Waals surface area contributed by atoms with Gasteiger partial charge in [0.05, 0.1) is 30.7 Å². The maximum absolute atomic E-state index is 13.1. The predicted molar refractivity (Wildman–Crippen MR) is 102 cm³/mol. The number of nitrogens with one attached hydrogen (secondary N) is 2. The lowest BCUT2D eigenvalue weighted by molar-refractivity contribution is 0.220. The van der Waals surface area contributed by atoms with Crippen LogP contribution in [-0.2, 0) is 6.54 Å². The molecule has 3 aromatic rings. The third-order valence-electron chi connectivity index (χ3n) is 4.52. The van der Waals surface area contributed by atoms with Crippen LogP contribution in [0.1, 0.15) is 31.9 Å². The number of hydrogen-bond acceptors (Lipinski definition) is 3. The van der Waals surface area contributed by atoms with Gasteiger partial charge in [-0.3, -0.25) is 10.4 Å². The van der Waals surface area contributed by atoms with Crippen LogP contribution in [0.15, 0.2) is 42.7 Å². The summed E-state index contributed by atoms with van der Waals surface area (Å²) in [5.74, 6) is 0.362. The lowest BCUT2D eigenvalue weighted by Gasteiger charge is -2.20. The molecule has 1 atom stereocenters. The number of hydrogen-bond donors (Lipinski definition) is 2. The molecule has 0 radical (unpaired) electrons. The summed E-state index contributed by atoms with van der Waals surface area (Å²) in [4.78, 5) is 14.1. The Kier molecular flexibility index (Phi) is 5.54. The summed E-state index contributed by atoms with van der Waals surface area (Å²) >= 11 is 0. The Hall–Kier alpha value is -3.16. The van der Waals surface area contributed by atoms with E-state index in [2.05, 4.69) is 27.5 Å². The summed E-state index contributed by atoms with van der Waals surface area (Å²) in [5.41, 5.74) is 2.42. The third-order valence-corrected chi connectivity index (χ3v) is 4.52. The number of anilines is 1. The van der Waals surface area contributed by atoms with Crippen LogP contribution in [0.4, 0.5) is 15.0 Å². The molecule has 142 valence electrons. The number of rotatable bonds is 6. The highest BCUT2D eigenvalue weighted by Crippen LogP contribution is 2.23. The Morgan fingerprint density at radius 3 is 2.78 bits per heavy atom. The van der Waals surface area contributed by atoms with Crippen LogP contribution in [-0.4, -0.2) is 38.0 Å². The van der Waals surface area contributed by atoms with Crippen molar-refractivity contribution < 1.29 is 9.18 Å². The molecule has 27 heavy (non-hydrogen) atoms. The van der Waals surface area contributed by atoms with E-state index in [0.29, 0.717) is 12.4 Å². The normalized spacial score (nSPS) is 12.0. The van der Waals surface area contributed by atoms with Crippen molar-refractivity contribution in [2.75, 3.05) is 12.4 Å². The van der Waals surface area contributed by atoms with Crippen molar-refractivity contribution in [3.63, 3.8) is 0 Å². The Balaban J connectivity index is 1.70. The molecule has 0 saturated carbocycles. The summed E-state index contributed by atoms with van der Waals surface area (Å²) in [5, 5.41) is 14.1. The molecule has 0 spiro atoms. The third kappa shape index (κ3) is 4.16. The SMILES string of the molecule is CCC(C)n1nccc1NC(=O)N(C)Cc1cn[nH]c1-c1ccc(F)cc1. The Morgan fingerprint density at radius 2 is 2.07 bits per heavy atom. The largest absolute Gasteiger partial charge is 0.323 e. The standard InChI is InChI=1S/C19H23FN6O/c1-4-13(2)26-17(9-10-22-26)23-19(27)25(3)12-15-11-21-24-18(15)14-5-7-16(20)8-6-14/h5-11,13H,4,12H2,1-3H3,(H,21,24)(H,23,27). The van der Waals surface area contributed by atoms with Crippen LogP contribution in [0.5, 0.6) is 0 Å². The quantitative estimate of drug-likeness (QED) is 0.687. The molecule has 3 rings (SSSR count). The molecule has 1 aromatic carbocycles. The molecule has 0 aliphatic carbocycles. The number of benzene rings is 1. The number of aromatic nitrogens is 4. The van der Waals surface area contributed by atoms with Gasteiger partial charge in [-0.15, -0.1) is 0 Å². The Morgan fingerprint density at radius 1 is 1.33 bits per heavy atom. The first-order valence-corrected chi connectivity index (χ1v) is 8.83. The van der Waals surface area contributed by atoms with Gasteiger partial charge in [-0.25, -0.2) is 13.9 Å². The van der Waals surface area contributed by atoms with Crippen LogP contribution < -0.4 is 5.32 Å². The number of carbonyl (C=O) groups excluding carboxylic acids is 1. The van der Waals surface area contributed by atoms with E-state index in [9.17, 15) is 9.18 Å². The first kappa shape index (κ1) is 18.6. The zero-order chi connectivity index (χ0) is 19.4. The van der Waals surface area contributed by atoms with Crippen LogP contribution in [0, 0.1) is 5.82 Å². The van der Waals surface area contributed by atoms with Crippen molar-refractivity contribution in [2.45, 2.75) is 32.9 Å². The fourth-order valence-electron chi connectivity index (χ4n) is 2.77. The van der Waals surface area contributed by atoms with Gasteiger partial charge in [-0.2, -0.15) is 10.2 Å². The number of aromatic amines is 1. The first-order valence-electron chi connectivity index (χ1n) is 8.83. The molecule has 7 nitrogen and oxygen atoms in total. The Bertz CT molecular complexity index is 901. The Labute approximate surface area is 157 Å². The second-order valence-corrected chi connectivity index (χ2v) is 6.48. The topological polar surface area (TPSA) is 78.8 Å². The molecule has 0 saturated heterocycles. The molecule has 0 fully saturated rings. The lowest BCUT2D eigenvalue weighted by Crippen LogP contribution is -2.32. The van der Waals surface area contributed by atoms with E-state index in [0.717, 1.165) is 23.2 Å². The van der Waals surface area contributed by atoms with E-state index < -0.39 is 0 Å². The van der Waals surface area contributed by atoms with E-state index >= 15 is 0 Å². The van der Waals surface area contributed by atoms with Gasteiger partial charge in [0.15, 0.2) is 0 Å². The molecule has 0 aliphatic heterocycles. The minimum Gasteiger partial charge on any atom is -0.323 e. The van der Waals surface area contributed by atoms with Crippen molar-refractivity contribution in [1.82, 2.24) is 24.9 Å². The molecular formula is C19H23FN6O. The minimum absolute atomic E-state index is 0.194. The van der Waals surface area contributed by atoms with E-state index in [1.165, 1.54) is 12.1 Å². The van der Waals surface area contributed by atoms with Gasteiger partial charge in [0.25, 0.3) is 0 Å². The van der Waals surface area contributed by atoms with Crippen LogP contribution in [0.3, 0.4) is 0 Å². The van der Waals surface area contributed by atoms with E-state index in [1.54, 1.807) is 47.2 Å². The molecule has 2 aromatic heterocycles. The maximum atomic E-state index is 13.1. The van der Waals surface area contributed by atoms with E-state index in [1.807, 2.05) is 6.92 Å². The van der Waals surface area contributed by atoms with Gasteiger partial charge in [0.1, 0.15) is 11.6 Å². The van der Waals surface area contributed by atoms with Gasteiger partial charge < -0.3 is 4.90 Å². The van der Waals surface area contributed by atoms with Crippen molar-refractivity contribution in [2.24, 2.45) is 0 Å². The molecular weight excluding hydrogens is 347 g/mol. The summed E-state index contributed by atoms with van der Waals surface area (Å²) in [7, 11) is 1.71. The van der Waals surface area contributed by atoms with Gasteiger partial charge >= 0.3 is 6.03 Å². The summed E-state index contributed by atoms with van der Waals surface area (Å²) in [6.07, 6.45) is 4.26. The number of nitrogens with zero attached hydrogens (tertiary/aromatic N) is 4. The van der Waals surface area contributed by atoms with Crippen molar-refractivity contribution in [3.8, 4) is 11.3 Å². The molecule has 0 aliphatic rings. The average Bonchev–Trinajstić information content (AvgIpc) is 3.31. The summed E-state index contributed by atoms with van der Waals surface area (Å²) in [6, 6.07) is 7.87. The monoisotopic (exact) mass is 370 g/mol. The smallest absolute Gasteiger partial charge is 0.323 e. The van der Waals surface area contributed by atoms with Crippen molar-refractivity contribution >= 4 is 11.8 Å². The molecule has 2 amide bonds.